The summed E-state index contributed by atoms with van der Waals surface area (Å²) in [5.41, 5.74) is 0.106. The first-order valence-corrected chi connectivity index (χ1v) is 6.28. The first-order chi connectivity index (χ1) is 8.63. The van der Waals surface area contributed by atoms with Crippen molar-refractivity contribution in [2.24, 2.45) is 0 Å². The van der Waals surface area contributed by atoms with Gasteiger partial charge in [-0.2, -0.15) is 0 Å². The van der Waals surface area contributed by atoms with Crippen molar-refractivity contribution in [2.45, 2.75) is 44.6 Å². The van der Waals surface area contributed by atoms with Gasteiger partial charge in [0.15, 0.2) is 11.6 Å². The molecule has 1 aromatic carbocycles. The number of carbonyl (C=O) groups is 1. The van der Waals surface area contributed by atoms with Crippen LogP contribution in [-0.4, -0.2) is 12.1 Å². The number of esters is 1. The number of hydrogen-bond donors (Lipinski definition) is 0. The summed E-state index contributed by atoms with van der Waals surface area (Å²) in [6.07, 6.45) is 2.92. The van der Waals surface area contributed by atoms with E-state index in [2.05, 4.69) is 0 Å². The van der Waals surface area contributed by atoms with Crippen LogP contribution in [0.3, 0.4) is 0 Å². The Morgan fingerprint density at radius 1 is 1.33 bits per heavy atom. The number of rotatable bonds is 3. The van der Waals surface area contributed by atoms with Crippen LogP contribution in [0.2, 0.25) is 0 Å². The molecule has 1 aliphatic heterocycles. The van der Waals surface area contributed by atoms with Crippen molar-refractivity contribution in [1.29, 1.82) is 0 Å². The minimum atomic E-state index is -0.937. The monoisotopic (exact) mass is 254 g/mol. The largest absolute Gasteiger partial charge is 0.462 e. The quantitative estimate of drug-likeness (QED) is 0.771. The molecule has 98 valence electrons. The van der Waals surface area contributed by atoms with E-state index in [0.29, 0.717) is 12.8 Å². The van der Waals surface area contributed by atoms with E-state index in [9.17, 15) is 13.6 Å². The van der Waals surface area contributed by atoms with E-state index in [0.717, 1.165) is 18.9 Å². The molecule has 0 amide bonds. The Bertz CT molecular complexity index is 445. The van der Waals surface area contributed by atoms with Crippen molar-refractivity contribution in [2.75, 3.05) is 0 Å². The summed E-state index contributed by atoms with van der Waals surface area (Å²) in [6.45, 7) is 2.02. The lowest BCUT2D eigenvalue weighted by Gasteiger charge is -2.28. The zero-order valence-electron chi connectivity index (χ0n) is 10.3. The SMILES string of the molecule is CCCC1CCC(c2cccc(F)c2F)C(=O)O1. The Morgan fingerprint density at radius 2 is 2.11 bits per heavy atom. The van der Waals surface area contributed by atoms with E-state index in [-0.39, 0.29) is 11.7 Å². The average Bonchev–Trinajstić information content (AvgIpc) is 2.34. The van der Waals surface area contributed by atoms with Crippen molar-refractivity contribution in [1.82, 2.24) is 0 Å². The molecular formula is C14H16F2O2. The molecule has 0 radical (unpaired) electrons. The van der Waals surface area contributed by atoms with Crippen molar-refractivity contribution in [3.05, 3.63) is 35.4 Å². The minimum Gasteiger partial charge on any atom is -0.462 e. The van der Waals surface area contributed by atoms with E-state index >= 15 is 0 Å². The van der Waals surface area contributed by atoms with Gasteiger partial charge in [0.05, 0.1) is 5.92 Å². The second-order valence-corrected chi connectivity index (χ2v) is 4.62. The fourth-order valence-corrected chi connectivity index (χ4v) is 2.37. The summed E-state index contributed by atoms with van der Waals surface area (Å²) in [4.78, 5) is 11.8. The maximum Gasteiger partial charge on any atom is 0.313 e. The maximum atomic E-state index is 13.6. The third kappa shape index (κ3) is 2.52. The molecule has 1 fully saturated rings. The Kier molecular flexibility index (Phi) is 3.94. The standard InChI is InChI=1S/C14H16F2O2/c1-2-4-9-7-8-11(14(17)18-9)10-5-3-6-12(15)13(10)16/h3,5-6,9,11H,2,4,7-8H2,1H3. The van der Waals surface area contributed by atoms with Crippen LogP contribution in [0.4, 0.5) is 8.78 Å². The normalized spacial score (nSPS) is 23.8. The molecule has 4 heteroatoms. The topological polar surface area (TPSA) is 26.3 Å². The van der Waals surface area contributed by atoms with Gasteiger partial charge in [-0.3, -0.25) is 4.79 Å². The molecule has 1 aromatic rings. The van der Waals surface area contributed by atoms with E-state index in [1.165, 1.54) is 12.1 Å². The van der Waals surface area contributed by atoms with Crippen molar-refractivity contribution in [3.8, 4) is 0 Å². The second-order valence-electron chi connectivity index (χ2n) is 4.62. The lowest BCUT2D eigenvalue weighted by molar-refractivity contribution is -0.156. The highest BCUT2D eigenvalue weighted by Crippen LogP contribution is 2.32. The van der Waals surface area contributed by atoms with E-state index in [4.69, 9.17) is 4.74 Å². The molecule has 1 heterocycles. The zero-order valence-corrected chi connectivity index (χ0v) is 10.3. The summed E-state index contributed by atoms with van der Waals surface area (Å²) < 4.78 is 32.0. The summed E-state index contributed by atoms with van der Waals surface area (Å²) in [6, 6.07) is 3.91. The highest BCUT2D eigenvalue weighted by Gasteiger charge is 2.33. The molecule has 0 N–H and O–H groups in total. The molecule has 1 aliphatic rings. The molecule has 2 atom stereocenters. The lowest BCUT2D eigenvalue weighted by Crippen LogP contribution is -2.30. The predicted octanol–water partition coefficient (Wildman–Crippen LogP) is 3.55. The average molecular weight is 254 g/mol. The number of cyclic esters (lactones) is 1. The van der Waals surface area contributed by atoms with Crippen LogP contribution in [0.5, 0.6) is 0 Å². The van der Waals surface area contributed by atoms with Gasteiger partial charge in [0, 0.05) is 5.56 Å². The molecular weight excluding hydrogens is 238 g/mol. The first kappa shape index (κ1) is 13.0. The van der Waals surface area contributed by atoms with Gasteiger partial charge in [0.1, 0.15) is 6.10 Å². The fourth-order valence-electron chi connectivity index (χ4n) is 2.37. The van der Waals surface area contributed by atoms with Gasteiger partial charge in [0.2, 0.25) is 0 Å². The maximum absolute atomic E-state index is 13.6. The molecule has 0 bridgehead atoms. The third-order valence-electron chi connectivity index (χ3n) is 3.31. The second kappa shape index (κ2) is 5.46. The summed E-state index contributed by atoms with van der Waals surface area (Å²) in [5, 5.41) is 0. The van der Waals surface area contributed by atoms with Crippen molar-refractivity contribution < 1.29 is 18.3 Å². The minimum absolute atomic E-state index is 0.0737. The molecule has 2 unspecified atom stereocenters. The van der Waals surface area contributed by atoms with Gasteiger partial charge in [-0.15, -0.1) is 0 Å². The summed E-state index contributed by atoms with van der Waals surface area (Å²) >= 11 is 0. The molecule has 2 rings (SSSR count). The molecule has 0 aliphatic carbocycles. The zero-order chi connectivity index (χ0) is 13.1. The van der Waals surface area contributed by atoms with Gasteiger partial charge >= 0.3 is 5.97 Å². The van der Waals surface area contributed by atoms with Crippen LogP contribution in [-0.2, 0) is 9.53 Å². The third-order valence-corrected chi connectivity index (χ3v) is 3.31. The van der Waals surface area contributed by atoms with E-state index in [1.54, 1.807) is 0 Å². The van der Waals surface area contributed by atoms with Crippen LogP contribution >= 0.6 is 0 Å². The predicted molar refractivity (Wildman–Crippen MR) is 63.1 cm³/mol. The fraction of sp³-hybridized carbons (Fsp3) is 0.500. The summed E-state index contributed by atoms with van der Waals surface area (Å²) in [7, 11) is 0. The molecule has 18 heavy (non-hydrogen) atoms. The lowest BCUT2D eigenvalue weighted by atomic mass is 9.89. The smallest absolute Gasteiger partial charge is 0.313 e. The molecule has 0 spiro atoms. The van der Waals surface area contributed by atoms with E-state index in [1.807, 2.05) is 6.92 Å². The number of benzene rings is 1. The highest BCUT2D eigenvalue weighted by atomic mass is 19.2. The number of carbonyl (C=O) groups excluding carboxylic acids is 1. The number of hydrogen-bond acceptors (Lipinski definition) is 2. The number of ether oxygens (including phenoxy) is 1. The van der Waals surface area contributed by atoms with Gasteiger partial charge in [0.25, 0.3) is 0 Å². The van der Waals surface area contributed by atoms with Gasteiger partial charge < -0.3 is 4.74 Å². The van der Waals surface area contributed by atoms with Crippen molar-refractivity contribution >= 4 is 5.97 Å². The molecule has 0 saturated carbocycles. The van der Waals surface area contributed by atoms with Crippen LogP contribution in [0.25, 0.3) is 0 Å². The van der Waals surface area contributed by atoms with E-state index < -0.39 is 23.5 Å². The Hall–Kier alpha value is -1.45. The van der Waals surface area contributed by atoms with Crippen LogP contribution in [0.1, 0.15) is 44.1 Å². The Balaban J connectivity index is 2.16. The van der Waals surface area contributed by atoms with Crippen LogP contribution < -0.4 is 0 Å². The Morgan fingerprint density at radius 3 is 2.78 bits per heavy atom. The molecule has 2 nitrogen and oxygen atoms in total. The van der Waals surface area contributed by atoms with Crippen molar-refractivity contribution in [3.63, 3.8) is 0 Å². The highest BCUT2D eigenvalue weighted by molar-refractivity contribution is 5.79. The van der Waals surface area contributed by atoms with Crippen LogP contribution in [0.15, 0.2) is 18.2 Å². The summed E-state index contributed by atoms with van der Waals surface area (Å²) in [5.74, 6) is -2.97. The van der Waals surface area contributed by atoms with Gasteiger partial charge in [-0.1, -0.05) is 25.5 Å². The van der Waals surface area contributed by atoms with Gasteiger partial charge in [-0.05, 0) is 25.3 Å². The molecule has 1 saturated heterocycles. The van der Waals surface area contributed by atoms with Gasteiger partial charge in [-0.25, -0.2) is 8.78 Å². The molecule has 0 aromatic heterocycles. The first-order valence-electron chi connectivity index (χ1n) is 6.28. The Labute approximate surface area is 105 Å². The van der Waals surface area contributed by atoms with Crippen LogP contribution in [0, 0.1) is 11.6 Å². The number of halogens is 2.